The zero-order chi connectivity index (χ0) is 9.26. The van der Waals surface area contributed by atoms with Gasteiger partial charge in [-0.3, -0.25) is 0 Å². The molecule has 0 atom stereocenters. The molecule has 0 bridgehead atoms. The number of rotatable bonds is 1. The monoisotopic (exact) mass is 211 g/mol. The maximum atomic E-state index is 6.01. The molecule has 1 aromatic heterocycles. The topological polar surface area (TPSA) is 16.8 Å². The Hall–Kier alpha value is -0.930. The Bertz CT molecular complexity index is 411. The number of halogens is 1. The molecule has 0 saturated heterocycles. The van der Waals surface area contributed by atoms with Crippen LogP contribution in [0.3, 0.4) is 0 Å². The minimum atomic E-state index is 0.730. The van der Waals surface area contributed by atoms with Gasteiger partial charge in [-0.2, -0.15) is 0 Å². The smallest absolute Gasteiger partial charge is 0.0635 e. The summed E-state index contributed by atoms with van der Waals surface area (Å²) in [6, 6.07) is 9.93. The van der Waals surface area contributed by atoms with Gasteiger partial charge in [0.2, 0.25) is 0 Å². The number of nitrogens with zero attached hydrogens (tertiary/aromatic N) is 2. The summed E-state index contributed by atoms with van der Waals surface area (Å²) in [4.78, 5) is 0. The Kier molecular flexibility index (Phi) is 2.29. The van der Waals surface area contributed by atoms with Crippen LogP contribution in [-0.2, 0) is 7.05 Å². The average Bonchev–Trinajstić information content (AvgIpc) is 2.47. The molecule has 66 valence electrons. The summed E-state index contributed by atoms with van der Waals surface area (Å²) in [5, 5.41) is 4.28. The first-order valence-electron chi connectivity index (χ1n) is 3.86. The summed E-state index contributed by atoms with van der Waals surface area (Å²) in [7, 11) is 1.88. The van der Waals surface area contributed by atoms with Crippen LogP contribution in [0.2, 0.25) is 4.34 Å². The maximum absolute atomic E-state index is 6.01. The van der Waals surface area contributed by atoms with E-state index in [4.69, 9.17) is 11.6 Å². The highest BCUT2D eigenvalue weighted by molar-refractivity contribution is 7.07. The summed E-state index contributed by atoms with van der Waals surface area (Å²) < 4.78 is 2.48. The second kappa shape index (κ2) is 3.44. The van der Waals surface area contributed by atoms with Gasteiger partial charge in [0, 0.05) is 10.7 Å². The van der Waals surface area contributed by atoms with Crippen LogP contribution in [0.25, 0.3) is 11.3 Å². The summed E-state index contributed by atoms with van der Waals surface area (Å²) in [5.74, 6) is 0. The number of aryl methyl sites for hydroxylation is 1. The molecule has 0 fully saturated rings. The summed E-state index contributed by atoms with van der Waals surface area (Å²) in [5.41, 5.74) is 1.92. The molecule has 2 aromatic rings. The maximum Gasteiger partial charge on any atom is 0.192 e. The van der Waals surface area contributed by atoms with E-state index in [9.17, 15) is 0 Å². The molecule has 0 N–H and O–H groups in total. The van der Waals surface area contributed by atoms with Crippen LogP contribution in [0.5, 0.6) is 0 Å². The highest BCUT2D eigenvalue weighted by Crippen LogP contribution is 2.26. The molecular formula is C9H8ClN2S+. The minimum absolute atomic E-state index is 0.730. The first-order chi connectivity index (χ1) is 6.27. The van der Waals surface area contributed by atoms with E-state index >= 15 is 0 Å². The fourth-order valence-electron chi connectivity index (χ4n) is 1.13. The molecule has 0 radical (unpaired) electrons. The third-order valence-corrected chi connectivity index (χ3v) is 2.77. The van der Waals surface area contributed by atoms with Crippen molar-refractivity contribution in [2.45, 2.75) is 0 Å². The minimum Gasteiger partial charge on any atom is -0.0635 e. The van der Waals surface area contributed by atoms with Crippen molar-refractivity contribution in [3.05, 3.63) is 34.7 Å². The standard InChI is InChI=1S/C9H8ClN2S/c1-12-11-8(9(10)13-12)7-5-3-2-4-6-7/h2-6H,1H3/q+1. The summed E-state index contributed by atoms with van der Waals surface area (Å²) >= 11 is 7.45. The normalized spacial score (nSPS) is 10.3. The lowest BCUT2D eigenvalue weighted by atomic mass is 10.2. The van der Waals surface area contributed by atoms with Crippen molar-refractivity contribution in [2.75, 3.05) is 0 Å². The lowest BCUT2D eigenvalue weighted by Gasteiger charge is -1.91. The molecule has 2 rings (SSSR count). The molecule has 2 nitrogen and oxygen atoms in total. The molecule has 1 aromatic carbocycles. The molecule has 0 aliphatic rings. The lowest BCUT2D eigenvalue weighted by molar-refractivity contribution is -0.662. The third-order valence-electron chi connectivity index (χ3n) is 1.69. The van der Waals surface area contributed by atoms with Crippen LogP contribution >= 0.6 is 23.1 Å². The van der Waals surface area contributed by atoms with Gasteiger partial charge >= 0.3 is 0 Å². The Morgan fingerprint density at radius 2 is 2.00 bits per heavy atom. The van der Waals surface area contributed by atoms with Gasteiger partial charge in [-0.15, -0.1) is 0 Å². The van der Waals surface area contributed by atoms with Gasteiger partial charge < -0.3 is 0 Å². The molecule has 0 amide bonds. The van der Waals surface area contributed by atoms with Crippen LogP contribution in [0.15, 0.2) is 30.3 Å². The molecule has 0 saturated carbocycles. The Balaban J connectivity index is 2.53. The van der Waals surface area contributed by atoms with E-state index in [-0.39, 0.29) is 0 Å². The van der Waals surface area contributed by atoms with Crippen molar-refractivity contribution >= 4 is 23.1 Å². The Labute approximate surface area is 85.6 Å². The van der Waals surface area contributed by atoms with Crippen LogP contribution in [0.4, 0.5) is 0 Å². The number of hydrogen-bond donors (Lipinski definition) is 0. The van der Waals surface area contributed by atoms with Crippen LogP contribution in [0, 0.1) is 0 Å². The van der Waals surface area contributed by atoms with Crippen molar-refractivity contribution in [3.63, 3.8) is 0 Å². The van der Waals surface area contributed by atoms with Gasteiger partial charge in [0.05, 0.1) is 0 Å². The van der Waals surface area contributed by atoms with Crippen LogP contribution in [0.1, 0.15) is 0 Å². The number of benzene rings is 1. The molecule has 0 aliphatic carbocycles. The molecule has 1 heterocycles. The van der Waals surface area contributed by atoms with Crippen molar-refractivity contribution in [2.24, 2.45) is 7.05 Å². The van der Waals surface area contributed by atoms with Gasteiger partial charge in [-0.1, -0.05) is 41.9 Å². The van der Waals surface area contributed by atoms with E-state index in [0.29, 0.717) is 0 Å². The van der Waals surface area contributed by atoms with Crippen LogP contribution in [-0.4, -0.2) is 5.10 Å². The number of aromatic nitrogens is 2. The van der Waals surface area contributed by atoms with Crippen molar-refractivity contribution in [3.8, 4) is 11.3 Å². The van der Waals surface area contributed by atoms with Crippen molar-refractivity contribution < 1.29 is 4.07 Å². The highest BCUT2D eigenvalue weighted by atomic mass is 35.5. The van der Waals surface area contributed by atoms with Gasteiger partial charge in [0.1, 0.15) is 0 Å². The quantitative estimate of drug-likeness (QED) is 0.662. The van der Waals surface area contributed by atoms with Gasteiger partial charge in [-0.25, -0.2) is 0 Å². The van der Waals surface area contributed by atoms with Gasteiger partial charge in [-0.05, 0) is 4.07 Å². The lowest BCUT2D eigenvalue weighted by Crippen LogP contribution is -2.25. The molecule has 4 heteroatoms. The number of hydrogen-bond acceptors (Lipinski definition) is 2. The SMILES string of the molecule is C[n+]1nc(-c2ccccc2)c(Cl)s1. The van der Waals surface area contributed by atoms with Crippen molar-refractivity contribution in [1.82, 2.24) is 5.10 Å². The summed E-state index contributed by atoms with van der Waals surface area (Å²) in [6.07, 6.45) is 0. The first kappa shape index (κ1) is 8.66. The molecule has 0 spiro atoms. The first-order valence-corrected chi connectivity index (χ1v) is 5.01. The predicted molar refractivity (Wildman–Crippen MR) is 53.7 cm³/mol. The molecular weight excluding hydrogens is 204 g/mol. The fourth-order valence-corrected chi connectivity index (χ4v) is 2.17. The van der Waals surface area contributed by atoms with E-state index in [1.54, 1.807) is 4.07 Å². The zero-order valence-corrected chi connectivity index (χ0v) is 8.64. The molecule has 13 heavy (non-hydrogen) atoms. The highest BCUT2D eigenvalue weighted by Gasteiger charge is 2.14. The fraction of sp³-hybridized carbons (Fsp3) is 0.111. The van der Waals surface area contributed by atoms with E-state index in [1.807, 2.05) is 37.4 Å². The second-order valence-corrected chi connectivity index (χ2v) is 4.37. The van der Waals surface area contributed by atoms with E-state index < -0.39 is 0 Å². The third kappa shape index (κ3) is 1.71. The van der Waals surface area contributed by atoms with Gasteiger partial charge in [0.25, 0.3) is 0 Å². The zero-order valence-electron chi connectivity index (χ0n) is 7.07. The summed E-state index contributed by atoms with van der Waals surface area (Å²) in [6.45, 7) is 0. The predicted octanol–water partition coefficient (Wildman–Crippen LogP) is 2.29. The largest absolute Gasteiger partial charge is 0.192 e. The average molecular weight is 212 g/mol. The Morgan fingerprint density at radius 1 is 1.31 bits per heavy atom. The van der Waals surface area contributed by atoms with E-state index in [1.165, 1.54) is 11.5 Å². The van der Waals surface area contributed by atoms with Crippen LogP contribution < -0.4 is 4.07 Å². The molecule has 0 unspecified atom stereocenters. The second-order valence-electron chi connectivity index (χ2n) is 2.64. The molecule has 0 aliphatic heterocycles. The van der Waals surface area contributed by atoms with E-state index in [2.05, 4.69) is 5.10 Å². The van der Waals surface area contributed by atoms with Crippen molar-refractivity contribution in [1.29, 1.82) is 0 Å². The van der Waals surface area contributed by atoms with E-state index in [0.717, 1.165) is 15.6 Å². The Morgan fingerprint density at radius 3 is 2.54 bits per heavy atom. The van der Waals surface area contributed by atoms with Gasteiger partial charge in [0.15, 0.2) is 28.6 Å².